The van der Waals surface area contributed by atoms with Gasteiger partial charge in [-0.2, -0.15) is 0 Å². The van der Waals surface area contributed by atoms with Crippen molar-refractivity contribution in [3.8, 4) is 24.7 Å². The Morgan fingerprint density at radius 3 is 1.47 bits per heavy atom. The number of carbonyl (C=O) groups is 2. The molecule has 184 valence electrons. The summed E-state index contributed by atoms with van der Waals surface area (Å²) in [4.78, 5) is 24.0. The Labute approximate surface area is 197 Å². The second-order valence-electron chi connectivity index (χ2n) is 10.3. The van der Waals surface area contributed by atoms with Crippen LogP contribution in [0.3, 0.4) is 0 Å². The van der Waals surface area contributed by atoms with Crippen LogP contribution in [0, 0.1) is 41.4 Å². The van der Waals surface area contributed by atoms with E-state index in [9.17, 15) is 9.59 Å². The molecule has 5 nitrogen and oxygen atoms in total. The van der Waals surface area contributed by atoms with Crippen molar-refractivity contribution in [2.45, 2.75) is 113 Å². The van der Waals surface area contributed by atoms with Gasteiger partial charge in [0.1, 0.15) is 5.41 Å². The predicted octanol–water partition coefficient (Wildman–Crippen LogP) is 4.98. The maximum absolute atomic E-state index is 11.4. The Balaban J connectivity index is 0. The predicted molar refractivity (Wildman–Crippen MR) is 135 cm³/mol. The summed E-state index contributed by atoms with van der Waals surface area (Å²) >= 11 is 0. The molecule has 0 aromatic carbocycles. The van der Waals surface area contributed by atoms with E-state index in [1.54, 1.807) is 0 Å². The molecule has 0 bridgehead atoms. The molecule has 2 fully saturated rings. The summed E-state index contributed by atoms with van der Waals surface area (Å²) in [6, 6.07) is 1.96. The van der Waals surface area contributed by atoms with Crippen molar-refractivity contribution in [3.05, 3.63) is 0 Å². The summed E-state index contributed by atoms with van der Waals surface area (Å²) in [7, 11) is 0. The summed E-state index contributed by atoms with van der Waals surface area (Å²) in [6.45, 7) is 18.9. The monoisotopic (exact) mass is 448 g/mol. The van der Waals surface area contributed by atoms with Crippen molar-refractivity contribution < 1.29 is 14.7 Å². The first-order chi connectivity index (χ1) is 14.5. The molecule has 5 heteroatoms. The van der Waals surface area contributed by atoms with Gasteiger partial charge in [0.15, 0.2) is 5.78 Å². The van der Waals surface area contributed by atoms with Gasteiger partial charge in [0.05, 0.1) is 5.41 Å². The minimum Gasteiger partial charge on any atom is -0.480 e. The van der Waals surface area contributed by atoms with Gasteiger partial charge in [-0.05, 0) is 93.5 Å². The number of nitrogens with zero attached hydrogens (tertiary/aromatic N) is 1. The van der Waals surface area contributed by atoms with Crippen LogP contribution in [-0.2, 0) is 9.59 Å². The second kappa shape index (κ2) is 15.1. The van der Waals surface area contributed by atoms with Crippen LogP contribution >= 0.6 is 0 Å². The summed E-state index contributed by atoms with van der Waals surface area (Å²) in [5.41, 5.74) is 3.67. The van der Waals surface area contributed by atoms with Crippen LogP contribution in [0.4, 0.5) is 0 Å². The third kappa shape index (κ3) is 15.9. The summed E-state index contributed by atoms with van der Waals surface area (Å²) in [5, 5.41) is 8.30. The SMILES string of the molecule is C#CC(C)(C)C(=O)CC1CC1.C#CC(C)(C)C(=O)O.CCN(C(C)C)C(C)C.NC1CC1. The lowest BCUT2D eigenvalue weighted by molar-refractivity contribution is -0.143. The molecule has 3 N–H and O–H groups in total. The number of ketones is 1. The van der Waals surface area contributed by atoms with Crippen molar-refractivity contribution in [1.29, 1.82) is 0 Å². The molecule has 2 rings (SSSR count). The highest BCUT2D eigenvalue weighted by Gasteiger charge is 2.31. The highest BCUT2D eigenvalue weighted by molar-refractivity contribution is 5.87. The van der Waals surface area contributed by atoms with Crippen molar-refractivity contribution in [2.75, 3.05) is 6.54 Å². The fraction of sp³-hybridized carbons (Fsp3) is 0.778. The first kappa shape index (κ1) is 32.4. The summed E-state index contributed by atoms with van der Waals surface area (Å²) in [5.74, 6) is 4.58. The first-order valence-corrected chi connectivity index (χ1v) is 11.8. The third-order valence-corrected chi connectivity index (χ3v) is 5.44. The Bertz CT molecular complexity index is 635. The minimum atomic E-state index is -1.01. The van der Waals surface area contributed by atoms with E-state index < -0.39 is 16.8 Å². The quantitative estimate of drug-likeness (QED) is 0.537. The van der Waals surface area contributed by atoms with Gasteiger partial charge in [-0.3, -0.25) is 14.5 Å². The van der Waals surface area contributed by atoms with Crippen LogP contribution in [0.15, 0.2) is 0 Å². The molecule has 0 aliphatic heterocycles. The summed E-state index contributed by atoms with van der Waals surface area (Å²) in [6.07, 6.45) is 15.8. The Kier molecular flexibility index (Phi) is 15.3. The number of Topliss-reactive ketones (excluding diaryl/α,β-unsaturated/α-hetero) is 1. The number of hydrogen-bond acceptors (Lipinski definition) is 4. The van der Waals surface area contributed by atoms with E-state index in [1.165, 1.54) is 39.5 Å². The zero-order valence-corrected chi connectivity index (χ0v) is 22.0. The molecule has 2 saturated carbocycles. The molecule has 2 aliphatic carbocycles. The van der Waals surface area contributed by atoms with E-state index in [2.05, 4.69) is 51.4 Å². The molecule has 0 spiro atoms. The van der Waals surface area contributed by atoms with Crippen LogP contribution in [0.5, 0.6) is 0 Å². The fourth-order valence-electron chi connectivity index (χ4n) is 2.40. The standard InChI is InChI=1S/C10H14O.C8H19N.C6H8O2.C3H7N/c1-4-10(2,3)9(11)7-8-5-6-8;1-6-9(7(2)3)8(4)5;1-4-6(2,3)5(7)8;4-3-1-2-3/h1,8H,5-7H2,2-3H3;7-8H,6H2,1-5H3;1H,2-3H3,(H,7,8);3H,1-2,4H2. The van der Waals surface area contributed by atoms with Crippen molar-refractivity contribution in [2.24, 2.45) is 22.5 Å². The molecule has 0 amide bonds. The van der Waals surface area contributed by atoms with E-state index in [1.807, 2.05) is 13.8 Å². The number of carboxylic acids is 1. The van der Waals surface area contributed by atoms with Gasteiger partial charge in [0.25, 0.3) is 0 Å². The lowest BCUT2D eigenvalue weighted by Gasteiger charge is -2.28. The molecule has 0 saturated heterocycles. The molecule has 0 heterocycles. The molecule has 0 unspecified atom stereocenters. The van der Waals surface area contributed by atoms with Crippen LogP contribution < -0.4 is 5.73 Å². The highest BCUT2D eigenvalue weighted by Crippen LogP contribution is 2.35. The maximum atomic E-state index is 11.4. The first-order valence-electron chi connectivity index (χ1n) is 11.8. The Morgan fingerprint density at radius 2 is 1.34 bits per heavy atom. The second-order valence-corrected chi connectivity index (χ2v) is 10.3. The number of aliphatic carboxylic acids is 1. The van der Waals surface area contributed by atoms with E-state index in [-0.39, 0.29) is 5.78 Å². The number of carbonyl (C=O) groups excluding carboxylic acids is 1. The maximum Gasteiger partial charge on any atom is 0.321 e. The number of rotatable bonds is 7. The average Bonchev–Trinajstić information content (AvgIpc) is 3.62. The van der Waals surface area contributed by atoms with Gasteiger partial charge in [0, 0.05) is 24.5 Å². The zero-order valence-electron chi connectivity index (χ0n) is 22.0. The number of nitrogens with two attached hydrogens (primary N) is 1. The van der Waals surface area contributed by atoms with Gasteiger partial charge in [0.2, 0.25) is 0 Å². The molecule has 0 aromatic heterocycles. The van der Waals surface area contributed by atoms with Gasteiger partial charge < -0.3 is 10.8 Å². The Morgan fingerprint density at radius 1 is 0.969 bits per heavy atom. The Hall–Kier alpha value is -1.82. The van der Waals surface area contributed by atoms with Crippen molar-refractivity contribution >= 4 is 11.8 Å². The van der Waals surface area contributed by atoms with Crippen LogP contribution in [-0.4, -0.2) is 46.4 Å². The fourth-order valence-corrected chi connectivity index (χ4v) is 2.40. The van der Waals surface area contributed by atoms with E-state index in [0.29, 0.717) is 30.5 Å². The number of carboxylic acid groups (broad SMARTS) is 1. The lowest BCUT2D eigenvalue weighted by Crippen LogP contribution is -2.36. The van der Waals surface area contributed by atoms with Gasteiger partial charge in [-0.25, -0.2) is 0 Å². The smallest absolute Gasteiger partial charge is 0.321 e. The highest BCUT2D eigenvalue weighted by atomic mass is 16.4. The van der Waals surface area contributed by atoms with E-state index >= 15 is 0 Å². The normalized spacial score (nSPS) is 15.2. The molecule has 32 heavy (non-hydrogen) atoms. The largest absolute Gasteiger partial charge is 0.480 e. The zero-order chi connectivity index (χ0) is 25.7. The molecular formula is C27H48N2O3. The van der Waals surface area contributed by atoms with E-state index in [4.69, 9.17) is 23.7 Å². The van der Waals surface area contributed by atoms with Gasteiger partial charge in [-0.1, -0.05) is 18.8 Å². The van der Waals surface area contributed by atoms with Crippen molar-refractivity contribution in [1.82, 2.24) is 4.90 Å². The minimum absolute atomic E-state index is 0.225. The number of terminal acetylenes is 2. The van der Waals surface area contributed by atoms with Gasteiger partial charge >= 0.3 is 5.97 Å². The molecule has 0 radical (unpaired) electrons. The van der Waals surface area contributed by atoms with Crippen LogP contribution in [0.25, 0.3) is 0 Å². The number of hydrogen-bond donors (Lipinski definition) is 2. The van der Waals surface area contributed by atoms with Crippen LogP contribution in [0.1, 0.15) is 94.4 Å². The topological polar surface area (TPSA) is 83.6 Å². The molecule has 0 atom stereocenters. The van der Waals surface area contributed by atoms with Crippen LogP contribution in [0.2, 0.25) is 0 Å². The molecular weight excluding hydrogens is 400 g/mol. The van der Waals surface area contributed by atoms with Crippen molar-refractivity contribution in [3.63, 3.8) is 0 Å². The summed E-state index contributed by atoms with van der Waals surface area (Å²) < 4.78 is 0. The third-order valence-electron chi connectivity index (χ3n) is 5.44. The van der Waals surface area contributed by atoms with E-state index in [0.717, 1.165) is 6.54 Å². The molecule has 2 aliphatic rings. The lowest BCUT2D eigenvalue weighted by atomic mass is 9.86. The van der Waals surface area contributed by atoms with Gasteiger partial charge in [-0.15, -0.1) is 12.8 Å². The molecule has 0 aromatic rings. The average molecular weight is 449 g/mol.